The summed E-state index contributed by atoms with van der Waals surface area (Å²) in [6, 6.07) is 3.92. The maximum absolute atomic E-state index is 9.26. The fraction of sp³-hybridized carbons (Fsp3) is 0.538. The lowest BCUT2D eigenvalue weighted by Gasteiger charge is -2.34. The minimum absolute atomic E-state index is 0.0782. The molecule has 1 fully saturated rings. The molecule has 0 aromatic carbocycles. The number of rotatable bonds is 5. The van der Waals surface area contributed by atoms with E-state index in [1.54, 1.807) is 6.20 Å². The van der Waals surface area contributed by atoms with Crippen LogP contribution >= 0.6 is 12.2 Å². The van der Waals surface area contributed by atoms with E-state index < -0.39 is 0 Å². The van der Waals surface area contributed by atoms with Crippen LogP contribution in [0.15, 0.2) is 18.3 Å². The maximum atomic E-state index is 9.26. The zero-order chi connectivity index (χ0) is 13.1. The second-order valence-corrected chi connectivity index (χ2v) is 5.54. The van der Waals surface area contributed by atoms with Gasteiger partial charge in [0.25, 0.3) is 0 Å². The first kappa shape index (κ1) is 13.4. The number of aliphatic hydroxyl groups excluding tert-OH is 1. The van der Waals surface area contributed by atoms with Crippen LogP contribution in [-0.2, 0) is 6.54 Å². The number of nitrogens with two attached hydrogens (primary N) is 1. The molecular formula is C13H19N3OS. The van der Waals surface area contributed by atoms with Crippen molar-refractivity contribution in [3.8, 4) is 0 Å². The van der Waals surface area contributed by atoms with Gasteiger partial charge in [-0.3, -0.25) is 4.98 Å². The quantitative estimate of drug-likeness (QED) is 0.775. The van der Waals surface area contributed by atoms with Crippen LogP contribution in [0.2, 0.25) is 0 Å². The second-order valence-electron chi connectivity index (χ2n) is 5.10. The Kier molecular flexibility index (Phi) is 4.27. The monoisotopic (exact) mass is 265 g/mol. The first-order chi connectivity index (χ1) is 8.54. The van der Waals surface area contributed by atoms with E-state index in [9.17, 15) is 5.11 Å². The topological polar surface area (TPSA) is 62.4 Å². The van der Waals surface area contributed by atoms with E-state index in [2.05, 4.69) is 16.9 Å². The molecule has 0 spiro atoms. The molecule has 3 N–H and O–H groups in total. The lowest BCUT2D eigenvalue weighted by atomic mass is 9.82. The predicted octanol–water partition coefficient (Wildman–Crippen LogP) is 0.919. The summed E-state index contributed by atoms with van der Waals surface area (Å²) in [5.74, 6) is 0.627. The molecule has 18 heavy (non-hydrogen) atoms. The Balaban J connectivity index is 1.88. The Hall–Kier alpha value is -1.04. The molecule has 1 saturated carbocycles. The smallest absolute Gasteiger partial charge is 0.122 e. The van der Waals surface area contributed by atoms with Crippen molar-refractivity contribution in [1.29, 1.82) is 0 Å². The molecule has 2 rings (SSSR count). The Morgan fingerprint density at radius 2 is 2.33 bits per heavy atom. The number of hydrogen-bond donors (Lipinski definition) is 2. The molecule has 98 valence electrons. The summed E-state index contributed by atoms with van der Waals surface area (Å²) in [4.78, 5) is 6.72. The van der Waals surface area contributed by atoms with E-state index >= 15 is 0 Å². The van der Waals surface area contributed by atoms with Gasteiger partial charge in [0.05, 0.1) is 11.8 Å². The summed E-state index contributed by atoms with van der Waals surface area (Å²) < 4.78 is 0. The molecule has 0 amide bonds. The molecule has 0 saturated heterocycles. The van der Waals surface area contributed by atoms with Gasteiger partial charge in [-0.25, -0.2) is 0 Å². The van der Waals surface area contributed by atoms with Crippen molar-refractivity contribution in [2.75, 3.05) is 13.6 Å². The first-order valence-corrected chi connectivity index (χ1v) is 6.56. The number of thiocarbonyl (C=S) groups is 1. The van der Waals surface area contributed by atoms with Gasteiger partial charge >= 0.3 is 0 Å². The van der Waals surface area contributed by atoms with Crippen LogP contribution in [0.1, 0.15) is 24.1 Å². The predicted molar refractivity (Wildman–Crippen MR) is 75.2 cm³/mol. The van der Waals surface area contributed by atoms with E-state index in [0.29, 0.717) is 16.6 Å². The van der Waals surface area contributed by atoms with Crippen molar-refractivity contribution >= 4 is 17.2 Å². The number of aliphatic hydroxyl groups is 1. The van der Waals surface area contributed by atoms with Gasteiger partial charge in [-0.1, -0.05) is 12.2 Å². The van der Waals surface area contributed by atoms with Gasteiger partial charge in [0.2, 0.25) is 0 Å². The van der Waals surface area contributed by atoms with Crippen LogP contribution in [0.25, 0.3) is 0 Å². The van der Waals surface area contributed by atoms with E-state index in [1.807, 2.05) is 12.1 Å². The standard InChI is InChI=1S/C13H19N3OS/c1-16(8-10-4-11(17)5-10)7-9-2-3-15-12(6-9)13(14)18/h2-3,6,10-11,17H,4-5,7-8H2,1H3,(H2,14,18). The van der Waals surface area contributed by atoms with Crippen LogP contribution in [0, 0.1) is 5.92 Å². The summed E-state index contributed by atoms with van der Waals surface area (Å²) in [5, 5.41) is 9.26. The van der Waals surface area contributed by atoms with Crippen molar-refractivity contribution < 1.29 is 5.11 Å². The van der Waals surface area contributed by atoms with Gasteiger partial charge in [-0.05, 0) is 43.5 Å². The Morgan fingerprint density at radius 1 is 1.61 bits per heavy atom. The second kappa shape index (κ2) is 5.73. The molecule has 0 radical (unpaired) electrons. The Labute approximate surface area is 113 Å². The normalized spacial score (nSPS) is 22.8. The minimum Gasteiger partial charge on any atom is -0.393 e. The number of aromatic nitrogens is 1. The lowest BCUT2D eigenvalue weighted by Crippen LogP contribution is -2.36. The van der Waals surface area contributed by atoms with Gasteiger partial charge in [-0.15, -0.1) is 0 Å². The fourth-order valence-electron chi connectivity index (χ4n) is 2.37. The zero-order valence-electron chi connectivity index (χ0n) is 10.5. The maximum Gasteiger partial charge on any atom is 0.122 e. The largest absolute Gasteiger partial charge is 0.393 e. The molecule has 1 aromatic rings. The highest BCUT2D eigenvalue weighted by Gasteiger charge is 2.27. The van der Waals surface area contributed by atoms with Crippen LogP contribution in [0.3, 0.4) is 0 Å². The molecule has 4 nitrogen and oxygen atoms in total. The molecule has 1 aliphatic rings. The van der Waals surface area contributed by atoms with Crippen molar-refractivity contribution in [2.24, 2.45) is 11.7 Å². The Bertz CT molecular complexity index is 432. The molecular weight excluding hydrogens is 246 g/mol. The number of nitrogens with zero attached hydrogens (tertiary/aromatic N) is 2. The van der Waals surface area contributed by atoms with Crippen molar-refractivity contribution in [3.63, 3.8) is 0 Å². The molecule has 5 heteroatoms. The highest BCUT2D eigenvalue weighted by molar-refractivity contribution is 7.80. The van der Waals surface area contributed by atoms with Crippen molar-refractivity contribution in [1.82, 2.24) is 9.88 Å². The average molecular weight is 265 g/mol. The minimum atomic E-state index is -0.0782. The molecule has 0 bridgehead atoms. The molecule has 0 unspecified atom stereocenters. The Morgan fingerprint density at radius 3 is 2.94 bits per heavy atom. The van der Waals surface area contributed by atoms with Gasteiger partial charge in [0.15, 0.2) is 0 Å². The summed E-state index contributed by atoms with van der Waals surface area (Å²) >= 11 is 4.92. The summed E-state index contributed by atoms with van der Waals surface area (Å²) in [5.41, 5.74) is 7.41. The van der Waals surface area contributed by atoms with Gasteiger partial charge < -0.3 is 15.7 Å². The van der Waals surface area contributed by atoms with E-state index in [4.69, 9.17) is 18.0 Å². The summed E-state index contributed by atoms with van der Waals surface area (Å²) in [7, 11) is 2.09. The number of pyridine rings is 1. The first-order valence-electron chi connectivity index (χ1n) is 6.16. The van der Waals surface area contributed by atoms with Crippen molar-refractivity contribution in [3.05, 3.63) is 29.6 Å². The third-order valence-corrected chi connectivity index (χ3v) is 3.52. The summed E-state index contributed by atoms with van der Waals surface area (Å²) in [6.45, 7) is 1.87. The van der Waals surface area contributed by atoms with Crippen molar-refractivity contribution in [2.45, 2.75) is 25.5 Å². The van der Waals surface area contributed by atoms with Crippen LogP contribution < -0.4 is 5.73 Å². The molecule has 0 aliphatic heterocycles. The van der Waals surface area contributed by atoms with Crippen LogP contribution in [-0.4, -0.2) is 39.7 Å². The summed E-state index contributed by atoms with van der Waals surface area (Å²) in [6.07, 6.45) is 3.52. The number of hydrogen-bond acceptors (Lipinski definition) is 4. The van der Waals surface area contributed by atoms with Gasteiger partial charge in [-0.2, -0.15) is 0 Å². The van der Waals surface area contributed by atoms with Crippen LogP contribution in [0.5, 0.6) is 0 Å². The highest BCUT2D eigenvalue weighted by Crippen LogP contribution is 2.27. The van der Waals surface area contributed by atoms with Crippen LogP contribution in [0.4, 0.5) is 0 Å². The van der Waals surface area contributed by atoms with E-state index in [-0.39, 0.29) is 6.10 Å². The van der Waals surface area contributed by atoms with Gasteiger partial charge in [0, 0.05) is 19.3 Å². The highest BCUT2D eigenvalue weighted by atomic mass is 32.1. The van der Waals surface area contributed by atoms with E-state index in [0.717, 1.165) is 31.5 Å². The zero-order valence-corrected chi connectivity index (χ0v) is 11.4. The molecule has 0 atom stereocenters. The molecule has 1 heterocycles. The van der Waals surface area contributed by atoms with Gasteiger partial charge in [0.1, 0.15) is 4.99 Å². The third kappa shape index (κ3) is 3.48. The lowest BCUT2D eigenvalue weighted by molar-refractivity contribution is 0.0274. The average Bonchev–Trinajstić information content (AvgIpc) is 2.27. The fourth-order valence-corrected chi connectivity index (χ4v) is 2.49. The van der Waals surface area contributed by atoms with E-state index in [1.165, 1.54) is 0 Å². The molecule has 1 aliphatic carbocycles. The molecule has 1 aromatic heterocycles. The SMILES string of the molecule is CN(Cc1ccnc(C(N)=S)c1)CC1CC(O)C1. The third-order valence-electron chi connectivity index (χ3n) is 3.31.